The van der Waals surface area contributed by atoms with Crippen LogP contribution < -0.4 is 15.5 Å². The molecular weight excluding hydrogens is 470 g/mol. The first-order chi connectivity index (χ1) is 16.5. The Morgan fingerprint density at radius 1 is 1.17 bits per heavy atom. The molecule has 2 aliphatic heterocycles. The van der Waals surface area contributed by atoms with E-state index in [1.54, 1.807) is 11.0 Å². The van der Waals surface area contributed by atoms with Crippen LogP contribution in [-0.2, 0) is 12.6 Å². The van der Waals surface area contributed by atoms with Crippen molar-refractivity contribution in [3.05, 3.63) is 52.6 Å². The van der Waals surface area contributed by atoms with E-state index < -0.39 is 29.7 Å². The van der Waals surface area contributed by atoms with Gasteiger partial charge in [0.15, 0.2) is 5.82 Å². The predicted molar refractivity (Wildman–Crippen MR) is 123 cm³/mol. The van der Waals surface area contributed by atoms with Crippen LogP contribution in [0.25, 0.3) is 0 Å². The Balaban J connectivity index is 1.53. The number of nitrogens with zero attached hydrogens (tertiary/aromatic N) is 2. The van der Waals surface area contributed by atoms with Gasteiger partial charge in [0.2, 0.25) is 0 Å². The van der Waals surface area contributed by atoms with Gasteiger partial charge < -0.3 is 15.5 Å². The molecule has 35 heavy (non-hydrogen) atoms. The molecule has 4 rings (SSSR count). The number of aryl methyl sites for hydroxylation is 1. The third-order valence-corrected chi connectivity index (χ3v) is 6.93. The lowest BCUT2D eigenvalue weighted by molar-refractivity contribution is -0.137. The van der Waals surface area contributed by atoms with Crippen LogP contribution in [0.3, 0.4) is 0 Å². The monoisotopic (exact) mass is 500 g/mol. The Bertz CT molecular complexity index is 1050. The largest absolute Gasteiger partial charge is 0.418 e. The summed E-state index contributed by atoms with van der Waals surface area (Å²) in [7, 11) is 0. The fourth-order valence-corrected chi connectivity index (χ4v) is 5.33. The number of fused-ring (bicyclic) bond motifs is 1. The molecule has 10 heteroatoms. The highest BCUT2D eigenvalue weighted by Gasteiger charge is 2.39. The maximum atomic E-state index is 14.7. The van der Waals surface area contributed by atoms with Crippen molar-refractivity contribution in [1.29, 1.82) is 0 Å². The van der Waals surface area contributed by atoms with Crippen molar-refractivity contribution in [2.24, 2.45) is 0 Å². The molecule has 1 saturated heterocycles. The second-order valence-corrected chi connectivity index (χ2v) is 9.81. The number of aromatic nitrogens is 1. The highest BCUT2D eigenvalue weighted by Crippen LogP contribution is 2.45. The van der Waals surface area contributed by atoms with E-state index in [1.165, 1.54) is 18.3 Å². The number of nitrogens with one attached hydrogen (secondary N) is 2. The molecule has 0 radical (unpaired) electrons. The number of piperidine rings is 1. The summed E-state index contributed by atoms with van der Waals surface area (Å²) in [5.74, 6) is -1.24. The number of benzene rings is 1. The van der Waals surface area contributed by atoms with Crippen LogP contribution in [0, 0.1) is 5.82 Å². The zero-order chi connectivity index (χ0) is 25.5. The average molecular weight is 501 g/mol. The molecule has 2 N–H and O–H groups in total. The molecular formula is C25H30F6N4. The van der Waals surface area contributed by atoms with Crippen LogP contribution in [0.4, 0.5) is 37.7 Å². The molecule has 0 aliphatic carbocycles. The molecule has 2 aliphatic rings. The van der Waals surface area contributed by atoms with E-state index in [9.17, 15) is 26.3 Å². The van der Waals surface area contributed by atoms with Gasteiger partial charge in [0.1, 0.15) is 5.69 Å². The molecule has 0 spiro atoms. The van der Waals surface area contributed by atoms with Crippen molar-refractivity contribution >= 4 is 11.4 Å². The molecule has 0 bridgehead atoms. The van der Waals surface area contributed by atoms with Crippen LogP contribution >= 0.6 is 0 Å². The maximum absolute atomic E-state index is 14.7. The zero-order valence-corrected chi connectivity index (χ0v) is 19.9. The van der Waals surface area contributed by atoms with Crippen molar-refractivity contribution in [3.8, 4) is 0 Å². The second kappa shape index (κ2) is 9.87. The van der Waals surface area contributed by atoms with E-state index >= 15 is 0 Å². The summed E-state index contributed by atoms with van der Waals surface area (Å²) in [5, 5.41) is 6.51. The zero-order valence-electron chi connectivity index (χ0n) is 19.9. The first kappa shape index (κ1) is 25.6. The van der Waals surface area contributed by atoms with Crippen molar-refractivity contribution in [3.63, 3.8) is 0 Å². The standard InChI is InChI=1S/C25H30F6N4/c1-13(2)35-12-33-20-10-15(9-19(23(20)35)25(29,30)31)4-5-17-11-16(8-14(3)34-17)18-6-7-32-22(21(18)26)24(27)28/h6-7,9-10,13-14,16-17,24,33-34H,4-5,8,11-12H2,1-3H3. The Morgan fingerprint density at radius 2 is 1.91 bits per heavy atom. The first-order valence-corrected chi connectivity index (χ1v) is 11.9. The molecule has 192 valence electrons. The van der Waals surface area contributed by atoms with Gasteiger partial charge in [-0.2, -0.15) is 13.2 Å². The molecule has 1 fully saturated rings. The van der Waals surface area contributed by atoms with E-state index in [1.807, 2.05) is 20.8 Å². The molecule has 3 atom stereocenters. The summed E-state index contributed by atoms with van der Waals surface area (Å²) in [5.41, 5.74) is -0.0336. The van der Waals surface area contributed by atoms with Gasteiger partial charge in [-0.05, 0) is 81.7 Å². The third kappa shape index (κ3) is 5.37. The molecule has 3 heterocycles. The van der Waals surface area contributed by atoms with Crippen molar-refractivity contribution in [2.75, 3.05) is 16.9 Å². The minimum Gasteiger partial charge on any atom is -0.366 e. The van der Waals surface area contributed by atoms with Crippen LogP contribution in [0.15, 0.2) is 24.4 Å². The molecule has 1 aromatic carbocycles. The molecule has 1 aromatic heterocycles. The van der Waals surface area contributed by atoms with Gasteiger partial charge in [0.05, 0.1) is 23.6 Å². The number of anilines is 2. The fraction of sp³-hybridized carbons (Fsp3) is 0.560. The number of rotatable bonds is 6. The van der Waals surface area contributed by atoms with Crippen LogP contribution in [0.2, 0.25) is 0 Å². The minimum absolute atomic E-state index is 0.00772. The van der Waals surface area contributed by atoms with Gasteiger partial charge in [-0.15, -0.1) is 0 Å². The first-order valence-electron chi connectivity index (χ1n) is 11.9. The smallest absolute Gasteiger partial charge is 0.366 e. The van der Waals surface area contributed by atoms with E-state index in [0.717, 1.165) is 0 Å². The van der Waals surface area contributed by atoms with Gasteiger partial charge in [0.25, 0.3) is 6.43 Å². The van der Waals surface area contributed by atoms with E-state index in [-0.39, 0.29) is 35.3 Å². The van der Waals surface area contributed by atoms with Gasteiger partial charge >= 0.3 is 6.18 Å². The SMILES string of the molecule is CC1CC(c2ccnc(C(F)F)c2F)CC(CCc2cc3c(c(C(F)(F)F)c2)N(C(C)C)CN3)N1. The third-order valence-electron chi connectivity index (χ3n) is 6.93. The lowest BCUT2D eigenvalue weighted by Crippen LogP contribution is -2.43. The molecule has 0 amide bonds. The minimum atomic E-state index is -4.48. The van der Waals surface area contributed by atoms with Gasteiger partial charge in [-0.3, -0.25) is 4.98 Å². The van der Waals surface area contributed by atoms with Crippen LogP contribution in [0.5, 0.6) is 0 Å². The molecule has 0 saturated carbocycles. The summed E-state index contributed by atoms with van der Waals surface area (Å²) >= 11 is 0. The Labute approximate surface area is 201 Å². The van der Waals surface area contributed by atoms with Crippen molar-refractivity contribution < 1.29 is 26.3 Å². The van der Waals surface area contributed by atoms with E-state index in [4.69, 9.17) is 0 Å². The normalized spacial score (nSPS) is 22.6. The van der Waals surface area contributed by atoms with Crippen LogP contribution in [0.1, 0.15) is 74.8 Å². The average Bonchev–Trinajstić information content (AvgIpc) is 3.20. The summed E-state index contributed by atoms with van der Waals surface area (Å²) in [6.07, 6.45) is -4.25. The molecule has 2 aromatic rings. The van der Waals surface area contributed by atoms with Gasteiger partial charge in [0, 0.05) is 24.3 Å². The summed E-state index contributed by atoms with van der Waals surface area (Å²) in [4.78, 5) is 5.18. The number of hydrogen-bond acceptors (Lipinski definition) is 4. The van der Waals surface area contributed by atoms with E-state index in [0.29, 0.717) is 43.6 Å². The summed E-state index contributed by atoms with van der Waals surface area (Å²) in [6, 6.07) is 4.28. The van der Waals surface area contributed by atoms with Gasteiger partial charge in [-0.1, -0.05) is 0 Å². The molecule has 4 nitrogen and oxygen atoms in total. The maximum Gasteiger partial charge on any atom is 0.418 e. The fourth-order valence-electron chi connectivity index (χ4n) is 5.33. The lowest BCUT2D eigenvalue weighted by Gasteiger charge is -2.35. The second-order valence-electron chi connectivity index (χ2n) is 9.81. The van der Waals surface area contributed by atoms with Crippen LogP contribution in [-0.4, -0.2) is 29.8 Å². The highest BCUT2D eigenvalue weighted by atomic mass is 19.4. The summed E-state index contributed by atoms with van der Waals surface area (Å²) in [6.45, 7) is 5.97. The van der Waals surface area contributed by atoms with Gasteiger partial charge in [-0.25, -0.2) is 13.2 Å². The topological polar surface area (TPSA) is 40.2 Å². The lowest BCUT2D eigenvalue weighted by atomic mass is 9.81. The molecule has 3 unspecified atom stereocenters. The summed E-state index contributed by atoms with van der Waals surface area (Å²) < 4.78 is 82.7. The van der Waals surface area contributed by atoms with E-state index in [2.05, 4.69) is 15.6 Å². The number of pyridine rings is 1. The Morgan fingerprint density at radius 3 is 2.57 bits per heavy atom. The highest BCUT2D eigenvalue weighted by molar-refractivity contribution is 5.80. The Hall–Kier alpha value is -2.49. The number of alkyl halides is 5. The number of hydrogen-bond donors (Lipinski definition) is 2. The number of halogens is 6. The quantitative estimate of drug-likeness (QED) is 0.437. The predicted octanol–water partition coefficient (Wildman–Crippen LogP) is 6.63. The van der Waals surface area contributed by atoms with Crippen molar-refractivity contribution in [2.45, 2.75) is 83.1 Å². The Kier molecular flexibility index (Phi) is 7.22. The van der Waals surface area contributed by atoms with Crippen molar-refractivity contribution in [1.82, 2.24) is 10.3 Å².